The van der Waals surface area contributed by atoms with E-state index in [4.69, 9.17) is 6.42 Å². The average molecular weight is 265 g/mol. The monoisotopic (exact) mass is 265 g/mol. The first-order valence-electron chi connectivity index (χ1n) is 6.25. The molecule has 0 atom stereocenters. The second kappa shape index (κ2) is 7.16. The van der Waals surface area contributed by atoms with Crippen LogP contribution in [0.25, 0.3) is 0 Å². The summed E-state index contributed by atoms with van der Waals surface area (Å²) in [5.74, 6) is -0.0502. The molecular formula is C18H19NO. The van der Waals surface area contributed by atoms with E-state index in [0.29, 0.717) is 12.0 Å². The second-order valence-electron chi connectivity index (χ2n) is 4.74. The third kappa shape index (κ3) is 4.99. The molecule has 102 valence electrons. The molecule has 2 heteroatoms. The number of carbonyl (C=O) groups is 1. The van der Waals surface area contributed by atoms with Crippen molar-refractivity contribution in [1.29, 1.82) is 0 Å². The minimum atomic E-state index is -0.0502. The van der Waals surface area contributed by atoms with Gasteiger partial charge < -0.3 is 4.90 Å². The lowest BCUT2D eigenvalue weighted by Gasteiger charge is -2.11. The van der Waals surface area contributed by atoms with Gasteiger partial charge in [-0.2, -0.15) is 0 Å². The SMILES string of the molecule is C#CN(C)CC(=O)C1=CC(=C)CC(=C)/C=C\C(=C)C=C1. The van der Waals surface area contributed by atoms with Crippen molar-refractivity contribution in [2.24, 2.45) is 0 Å². The zero-order valence-electron chi connectivity index (χ0n) is 11.9. The molecule has 0 bridgehead atoms. The van der Waals surface area contributed by atoms with Gasteiger partial charge in [-0.3, -0.25) is 4.79 Å². The molecule has 20 heavy (non-hydrogen) atoms. The maximum absolute atomic E-state index is 12.2. The van der Waals surface area contributed by atoms with Crippen LogP contribution in [0.4, 0.5) is 0 Å². The lowest BCUT2D eigenvalue weighted by Crippen LogP contribution is -2.22. The van der Waals surface area contributed by atoms with Crippen LogP contribution in [0.5, 0.6) is 0 Å². The molecule has 1 aliphatic rings. The lowest BCUT2D eigenvalue weighted by molar-refractivity contribution is -0.115. The molecule has 0 aliphatic heterocycles. The summed E-state index contributed by atoms with van der Waals surface area (Å²) in [6.07, 6.45) is 15.0. The van der Waals surface area contributed by atoms with E-state index < -0.39 is 0 Å². The van der Waals surface area contributed by atoms with Crippen LogP contribution in [0.1, 0.15) is 6.42 Å². The molecule has 0 heterocycles. The number of hydrogen-bond donors (Lipinski definition) is 0. The first-order valence-corrected chi connectivity index (χ1v) is 6.25. The van der Waals surface area contributed by atoms with Crippen molar-refractivity contribution in [2.45, 2.75) is 6.42 Å². The highest BCUT2D eigenvalue weighted by molar-refractivity contribution is 6.00. The van der Waals surface area contributed by atoms with Crippen molar-refractivity contribution < 1.29 is 4.79 Å². The van der Waals surface area contributed by atoms with Crippen molar-refractivity contribution in [2.75, 3.05) is 13.6 Å². The lowest BCUT2D eigenvalue weighted by atomic mass is 9.99. The molecule has 0 unspecified atom stereocenters. The molecule has 1 rings (SSSR count). The number of hydrogen-bond acceptors (Lipinski definition) is 2. The number of likely N-dealkylation sites (N-methyl/N-ethyl adjacent to an activating group) is 1. The van der Waals surface area contributed by atoms with Crippen molar-refractivity contribution in [3.8, 4) is 12.5 Å². The quantitative estimate of drug-likeness (QED) is 0.577. The van der Waals surface area contributed by atoms with Gasteiger partial charge in [-0.25, -0.2) is 0 Å². The fourth-order valence-corrected chi connectivity index (χ4v) is 1.67. The number of ketones is 1. The molecule has 2 nitrogen and oxygen atoms in total. The fraction of sp³-hybridized carbons (Fsp3) is 0.167. The average Bonchev–Trinajstić information content (AvgIpc) is 2.40. The van der Waals surface area contributed by atoms with Crippen molar-refractivity contribution in [1.82, 2.24) is 4.90 Å². The van der Waals surface area contributed by atoms with Gasteiger partial charge in [-0.15, -0.1) is 0 Å². The first-order chi connectivity index (χ1) is 9.42. The maximum Gasteiger partial charge on any atom is 0.182 e. The molecule has 0 saturated heterocycles. The molecular weight excluding hydrogens is 246 g/mol. The molecule has 1 aliphatic carbocycles. The number of allylic oxidation sites excluding steroid dienone is 8. The van der Waals surface area contributed by atoms with Gasteiger partial charge in [0.1, 0.15) is 0 Å². The van der Waals surface area contributed by atoms with Gasteiger partial charge in [0, 0.05) is 18.7 Å². The van der Waals surface area contributed by atoms with E-state index in [1.54, 1.807) is 25.3 Å². The highest BCUT2D eigenvalue weighted by Gasteiger charge is 2.10. The largest absolute Gasteiger partial charge is 0.328 e. The molecule has 0 amide bonds. The van der Waals surface area contributed by atoms with Crippen LogP contribution in [0.3, 0.4) is 0 Å². The predicted octanol–water partition coefficient (Wildman–Crippen LogP) is 3.19. The Kier molecular flexibility index (Phi) is 5.56. The predicted molar refractivity (Wildman–Crippen MR) is 84.9 cm³/mol. The molecule has 0 spiro atoms. The van der Waals surface area contributed by atoms with E-state index in [1.165, 1.54) is 4.90 Å². The van der Waals surface area contributed by atoms with Gasteiger partial charge in [0.15, 0.2) is 5.78 Å². The molecule has 0 aromatic carbocycles. The Balaban J connectivity index is 3.05. The van der Waals surface area contributed by atoms with E-state index in [0.717, 1.165) is 16.7 Å². The fourth-order valence-electron chi connectivity index (χ4n) is 1.67. The second-order valence-corrected chi connectivity index (χ2v) is 4.74. The molecule has 0 N–H and O–H groups in total. The Labute approximate surface area is 121 Å². The number of terminal acetylenes is 1. The van der Waals surface area contributed by atoms with Crippen LogP contribution in [0, 0.1) is 12.5 Å². The Bertz CT molecular complexity index is 579. The van der Waals surface area contributed by atoms with Crippen molar-refractivity contribution in [3.63, 3.8) is 0 Å². The van der Waals surface area contributed by atoms with E-state index in [-0.39, 0.29) is 12.3 Å². The highest BCUT2D eigenvalue weighted by atomic mass is 16.1. The minimum Gasteiger partial charge on any atom is -0.328 e. The highest BCUT2D eigenvalue weighted by Crippen LogP contribution is 2.16. The van der Waals surface area contributed by atoms with Gasteiger partial charge in [-0.05, 0) is 18.1 Å². The van der Waals surface area contributed by atoms with Gasteiger partial charge in [-0.1, -0.05) is 61.6 Å². The third-order valence-electron chi connectivity index (χ3n) is 2.75. The molecule has 0 saturated carbocycles. The molecule has 0 fully saturated rings. The van der Waals surface area contributed by atoms with Gasteiger partial charge in [0.2, 0.25) is 0 Å². The van der Waals surface area contributed by atoms with Crippen LogP contribution in [0.15, 0.2) is 72.4 Å². The van der Waals surface area contributed by atoms with E-state index >= 15 is 0 Å². The Morgan fingerprint density at radius 1 is 1.25 bits per heavy atom. The minimum absolute atomic E-state index is 0.0502. The summed E-state index contributed by atoms with van der Waals surface area (Å²) in [5.41, 5.74) is 3.14. The number of nitrogens with zero attached hydrogens (tertiary/aromatic N) is 1. The standard InChI is InChI=1S/C18H19NO/c1-6-19(5)13-18(20)17-10-9-14(2)7-8-15(3)11-16(4)12-17/h1,7-10,12H,2-4,11,13H2,5H3/b8-7-,10-9?,17-12?. The smallest absolute Gasteiger partial charge is 0.182 e. The third-order valence-corrected chi connectivity index (χ3v) is 2.75. The maximum atomic E-state index is 12.2. The molecule has 0 aromatic rings. The summed E-state index contributed by atoms with van der Waals surface area (Å²) < 4.78 is 0. The van der Waals surface area contributed by atoms with Gasteiger partial charge >= 0.3 is 0 Å². The normalized spacial score (nSPS) is 17.2. The zero-order chi connectivity index (χ0) is 15.1. The Morgan fingerprint density at radius 3 is 2.55 bits per heavy atom. The van der Waals surface area contributed by atoms with E-state index in [1.807, 2.05) is 12.2 Å². The summed E-state index contributed by atoms with van der Waals surface area (Å²) >= 11 is 0. The summed E-state index contributed by atoms with van der Waals surface area (Å²) in [6, 6.07) is 2.41. The summed E-state index contributed by atoms with van der Waals surface area (Å²) in [7, 11) is 1.70. The summed E-state index contributed by atoms with van der Waals surface area (Å²) in [6.45, 7) is 12.0. The summed E-state index contributed by atoms with van der Waals surface area (Å²) in [5, 5.41) is 0. The van der Waals surface area contributed by atoms with Gasteiger partial charge in [0.05, 0.1) is 6.54 Å². The van der Waals surface area contributed by atoms with Crippen LogP contribution in [0.2, 0.25) is 0 Å². The summed E-state index contributed by atoms with van der Waals surface area (Å²) in [4.78, 5) is 13.7. The van der Waals surface area contributed by atoms with Crippen LogP contribution in [-0.4, -0.2) is 24.3 Å². The topological polar surface area (TPSA) is 20.3 Å². The number of Topliss-reactive ketones (excluding diaryl/α,β-unsaturated/α-hetero) is 1. The van der Waals surface area contributed by atoms with Crippen LogP contribution < -0.4 is 0 Å². The molecule has 0 radical (unpaired) electrons. The van der Waals surface area contributed by atoms with E-state index in [2.05, 4.69) is 25.8 Å². The Hall–Kier alpha value is -2.53. The van der Waals surface area contributed by atoms with Crippen molar-refractivity contribution >= 4 is 5.78 Å². The zero-order valence-corrected chi connectivity index (χ0v) is 11.9. The molecule has 0 aromatic heterocycles. The first kappa shape index (κ1) is 15.5. The number of rotatable bonds is 3. The number of carbonyl (C=O) groups excluding carboxylic acids is 1. The van der Waals surface area contributed by atoms with Crippen LogP contribution in [-0.2, 0) is 4.79 Å². The Morgan fingerprint density at radius 2 is 1.90 bits per heavy atom. The van der Waals surface area contributed by atoms with Gasteiger partial charge in [0.25, 0.3) is 0 Å². The van der Waals surface area contributed by atoms with Crippen LogP contribution >= 0.6 is 0 Å². The van der Waals surface area contributed by atoms with Crippen molar-refractivity contribution in [3.05, 3.63) is 72.4 Å². The van der Waals surface area contributed by atoms with E-state index in [9.17, 15) is 4.79 Å².